The highest BCUT2D eigenvalue weighted by atomic mass is 35.5. The third kappa shape index (κ3) is 2.84. The Morgan fingerprint density at radius 3 is 1.96 bits per heavy atom. The summed E-state index contributed by atoms with van der Waals surface area (Å²) >= 11 is 6.02. The highest BCUT2D eigenvalue weighted by Gasteiger charge is 2.24. The number of rotatable bonds is 3. The lowest BCUT2D eigenvalue weighted by molar-refractivity contribution is -0.586. The zero-order valence-corrected chi connectivity index (χ0v) is 13.6. The molecule has 0 aliphatic carbocycles. The van der Waals surface area contributed by atoms with Crippen LogP contribution in [-0.2, 0) is 0 Å². The van der Waals surface area contributed by atoms with E-state index in [0.717, 1.165) is 28.5 Å². The SMILES string of the molecule is Clc1ccc(-c2oc(-c3ccccc3)c[n+]2-c2ccccc2)cc1. The molecule has 0 saturated carbocycles. The van der Waals surface area contributed by atoms with Crippen molar-refractivity contribution in [3.05, 3.63) is 96.1 Å². The van der Waals surface area contributed by atoms with E-state index in [9.17, 15) is 0 Å². The van der Waals surface area contributed by atoms with Gasteiger partial charge in [0, 0.05) is 22.7 Å². The van der Waals surface area contributed by atoms with E-state index in [1.165, 1.54) is 0 Å². The number of nitrogens with zero attached hydrogens (tertiary/aromatic N) is 1. The number of para-hydroxylation sites is 1. The zero-order chi connectivity index (χ0) is 16.4. The summed E-state index contributed by atoms with van der Waals surface area (Å²) in [5, 5.41) is 0.708. The second kappa shape index (κ2) is 6.34. The van der Waals surface area contributed by atoms with Crippen molar-refractivity contribution in [1.29, 1.82) is 0 Å². The van der Waals surface area contributed by atoms with Gasteiger partial charge in [-0.3, -0.25) is 0 Å². The molecule has 0 saturated heterocycles. The van der Waals surface area contributed by atoms with Crippen molar-refractivity contribution in [1.82, 2.24) is 0 Å². The maximum atomic E-state index is 6.20. The third-order valence-corrected chi connectivity index (χ3v) is 4.11. The molecule has 0 radical (unpaired) electrons. The summed E-state index contributed by atoms with van der Waals surface area (Å²) in [7, 11) is 0. The van der Waals surface area contributed by atoms with Crippen LogP contribution in [0.3, 0.4) is 0 Å². The molecule has 1 heterocycles. The van der Waals surface area contributed by atoms with Gasteiger partial charge in [-0.1, -0.05) is 60.1 Å². The van der Waals surface area contributed by atoms with Gasteiger partial charge in [0.05, 0.1) is 5.56 Å². The highest BCUT2D eigenvalue weighted by Crippen LogP contribution is 2.27. The van der Waals surface area contributed by atoms with E-state index in [1.807, 2.05) is 79.0 Å². The Labute approximate surface area is 145 Å². The molecular weight excluding hydrogens is 318 g/mol. The molecule has 4 aromatic rings. The number of halogens is 1. The maximum Gasteiger partial charge on any atom is 0.387 e. The minimum atomic E-state index is 0.708. The Hall–Kier alpha value is -2.84. The molecule has 0 N–H and O–H groups in total. The first-order chi connectivity index (χ1) is 11.8. The second-order valence-electron chi connectivity index (χ2n) is 5.48. The van der Waals surface area contributed by atoms with E-state index < -0.39 is 0 Å². The lowest BCUT2D eigenvalue weighted by Crippen LogP contribution is -2.30. The Bertz CT molecular complexity index is 944. The average Bonchev–Trinajstić information content (AvgIpc) is 3.09. The molecule has 3 aromatic carbocycles. The van der Waals surface area contributed by atoms with Crippen molar-refractivity contribution >= 4 is 11.6 Å². The van der Waals surface area contributed by atoms with Gasteiger partial charge in [0.25, 0.3) is 0 Å². The van der Waals surface area contributed by atoms with Gasteiger partial charge in [-0.25, -0.2) is 0 Å². The molecule has 2 nitrogen and oxygen atoms in total. The van der Waals surface area contributed by atoms with E-state index in [0.29, 0.717) is 5.02 Å². The minimum absolute atomic E-state index is 0.708. The predicted octanol–water partition coefficient (Wildman–Crippen LogP) is 5.54. The van der Waals surface area contributed by atoms with Crippen LogP contribution in [0.15, 0.2) is 95.5 Å². The molecule has 0 aliphatic rings. The van der Waals surface area contributed by atoms with Crippen molar-refractivity contribution in [2.24, 2.45) is 0 Å². The van der Waals surface area contributed by atoms with Crippen molar-refractivity contribution in [2.75, 3.05) is 0 Å². The zero-order valence-electron chi connectivity index (χ0n) is 12.9. The number of hydrogen-bond acceptors (Lipinski definition) is 1. The van der Waals surface area contributed by atoms with Crippen LogP contribution in [0.1, 0.15) is 0 Å². The minimum Gasteiger partial charge on any atom is -0.397 e. The Kier molecular flexibility index (Phi) is 3.89. The first-order valence-corrected chi connectivity index (χ1v) is 8.11. The molecule has 24 heavy (non-hydrogen) atoms. The summed E-state index contributed by atoms with van der Waals surface area (Å²) in [6.07, 6.45) is 2.02. The molecule has 4 rings (SSSR count). The number of aromatic nitrogens is 1. The van der Waals surface area contributed by atoms with Gasteiger partial charge in [-0.2, -0.15) is 0 Å². The standard InChI is InChI=1S/C21H15ClNO/c22-18-13-11-17(12-14-18)21-23(19-9-5-2-6-10-19)15-20(24-21)16-7-3-1-4-8-16/h1-15H/q+1. The monoisotopic (exact) mass is 332 g/mol. The van der Waals surface area contributed by atoms with Crippen molar-refractivity contribution in [2.45, 2.75) is 0 Å². The van der Waals surface area contributed by atoms with Crippen LogP contribution in [0.2, 0.25) is 5.02 Å². The van der Waals surface area contributed by atoms with Crippen LogP contribution < -0.4 is 4.57 Å². The fourth-order valence-corrected chi connectivity index (χ4v) is 2.79. The number of oxazole rings is 1. The van der Waals surface area contributed by atoms with E-state index in [1.54, 1.807) is 0 Å². The third-order valence-electron chi connectivity index (χ3n) is 3.86. The molecule has 1 aromatic heterocycles. The molecular formula is C21H15ClNO+. The van der Waals surface area contributed by atoms with Crippen molar-refractivity contribution < 1.29 is 8.98 Å². The average molecular weight is 333 g/mol. The summed E-state index contributed by atoms with van der Waals surface area (Å²) in [5.41, 5.74) is 3.07. The summed E-state index contributed by atoms with van der Waals surface area (Å²) < 4.78 is 8.26. The fourth-order valence-electron chi connectivity index (χ4n) is 2.66. The molecule has 0 unspecified atom stereocenters. The molecule has 0 spiro atoms. The molecule has 0 atom stereocenters. The largest absolute Gasteiger partial charge is 0.397 e. The summed E-state index contributed by atoms with van der Waals surface area (Å²) in [6.45, 7) is 0. The highest BCUT2D eigenvalue weighted by molar-refractivity contribution is 6.30. The molecule has 0 fully saturated rings. The summed E-state index contributed by atoms with van der Waals surface area (Å²) in [5.74, 6) is 1.60. The van der Waals surface area contributed by atoms with Crippen LogP contribution in [0.25, 0.3) is 28.5 Å². The lowest BCUT2D eigenvalue weighted by atomic mass is 10.2. The van der Waals surface area contributed by atoms with Crippen LogP contribution >= 0.6 is 11.6 Å². The first kappa shape index (κ1) is 14.7. The van der Waals surface area contributed by atoms with Gasteiger partial charge in [0.2, 0.25) is 17.6 Å². The smallest absolute Gasteiger partial charge is 0.387 e. The van der Waals surface area contributed by atoms with E-state index in [2.05, 4.69) is 16.7 Å². The van der Waals surface area contributed by atoms with Crippen LogP contribution in [-0.4, -0.2) is 0 Å². The first-order valence-electron chi connectivity index (χ1n) is 7.73. The Morgan fingerprint density at radius 2 is 1.29 bits per heavy atom. The topological polar surface area (TPSA) is 17.0 Å². The molecule has 0 amide bonds. The molecule has 0 aliphatic heterocycles. The van der Waals surface area contributed by atoms with E-state index in [4.69, 9.17) is 16.0 Å². The Balaban J connectivity index is 1.90. The van der Waals surface area contributed by atoms with E-state index >= 15 is 0 Å². The quantitative estimate of drug-likeness (QED) is 0.450. The Morgan fingerprint density at radius 1 is 0.667 bits per heavy atom. The number of hydrogen-bond donors (Lipinski definition) is 0. The van der Waals surface area contributed by atoms with Crippen molar-refractivity contribution in [3.8, 4) is 28.5 Å². The molecule has 0 bridgehead atoms. The molecule has 3 heteroatoms. The van der Waals surface area contributed by atoms with Gasteiger partial charge >= 0.3 is 5.89 Å². The summed E-state index contributed by atoms with van der Waals surface area (Å²) in [4.78, 5) is 0. The fraction of sp³-hybridized carbons (Fsp3) is 0. The predicted molar refractivity (Wildman–Crippen MR) is 96.1 cm³/mol. The van der Waals surface area contributed by atoms with Crippen LogP contribution in [0.5, 0.6) is 0 Å². The normalized spacial score (nSPS) is 10.7. The van der Waals surface area contributed by atoms with Crippen molar-refractivity contribution in [3.63, 3.8) is 0 Å². The molecule has 116 valence electrons. The van der Waals surface area contributed by atoms with E-state index in [-0.39, 0.29) is 0 Å². The van der Waals surface area contributed by atoms with Gasteiger partial charge in [-0.05, 0) is 24.3 Å². The maximum absolute atomic E-state index is 6.20. The van der Waals surface area contributed by atoms with Gasteiger partial charge in [-0.15, -0.1) is 4.57 Å². The van der Waals surface area contributed by atoms with Gasteiger partial charge in [0.15, 0.2) is 0 Å². The number of benzene rings is 3. The van der Waals surface area contributed by atoms with Crippen LogP contribution in [0, 0.1) is 0 Å². The van der Waals surface area contributed by atoms with Crippen LogP contribution in [0.4, 0.5) is 0 Å². The lowest BCUT2D eigenvalue weighted by Gasteiger charge is -1.96. The van der Waals surface area contributed by atoms with Gasteiger partial charge < -0.3 is 4.42 Å². The second-order valence-corrected chi connectivity index (χ2v) is 5.92. The van der Waals surface area contributed by atoms with Gasteiger partial charge in [0.1, 0.15) is 0 Å². The summed E-state index contributed by atoms with van der Waals surface area (Å²) in [6, 6.07) is 27.9.